The average Bonchev–Trinajstić information content (AvgIpc) is 3.00. The zero-order valence-electron chi connectivity index (χ0n) is 13.0. The molecule has 1 saturated heterocycles. The number of ether oxygens (including phenoxy) is 2. The molecular formula is C17H21NO4. The van der Waals surface area contributed by atoms with Gasteiger partial charge < -0.3 is 14.8 Å². The Morgan fingerprint density at radius 2 is 2.09 bits per heavy atom. The number of hydrogen-bond acceptors (Lipinski definition) is 4. The van der Waals surface area contributed by atoms with Crippen molar-refractivity contribution in [3.05, 3.63) is 23.8 Å². The number of piperidine rings is 1. The molecule has 1 saturated carbocycles. The highest BCUT2D eigenvalue weighted by molar-refractivity contribution is 6.16. The van der Waals surface area contributed by atoms with E-state index in [2.05, 4.69) is 5.32 Å². The Balaban J connectivity index is 2.04. The Bertz CT molecular complexity index is 613. The smallest absolute Gasteiger partial charge is 0.234 e. The number of methoxy groups -OCH3 is 2. The SMILES string of the molecule is COc1ccc(C(=O)C23CCCC2CCNC3=O)c(OC)c1. The Morgan fingerprint density at radius 3 is 2.82 bits per heavy atom. The van der Waals surface area contributed by atoms with Gasteiger partial charge >= 0.3 is 0 Å². The predicted octanol–water partition coefficient (Wildman–Crippen LogP) is 2.19. The number of amides is 1. The van der Waals surface area contributed by atoms with Crippen LogP contribution in [0.3, 0.4) is 0 Å². The van der Waals surface area contributed by atoms with Gasteiger partial charge in [0.05, 0.1) is 19.8 Å². The molecule has 2 aliphatic rings. The van der Waals surface area contributed by atoms with Crippen molar-refractivity contribution in [1.29, 1.82) is 0 Å². The first kappa shape index (κ1) is 14.9. The number of carbonyl (C=O) groups is 2. The molecule has 0 aromatic heterocycles. The van der Waals surface area contributed by atoms with Crippen LogP contribution in [0.4, 0.5) is 0 Å². The third-order valence-corrected chi connectivity index (χ3v) is 5.06. The van der Waals surface area contributed by atoms with Crippen LogP contribution < -0.4 is 14.8 Å². The van der Waals surface area contributed by atoms with E-state index < -0.39 is 5.41 Å². The molecule has 2 atom stereocenters. The molecule has 1 aliphatic heterocycles. The summed E-state index contributed by atoms with van der Waals surface area (Å²) in [6.45, 7) is 0.665. The number of benzene rings is 1. The van der Waals surface area contributed by atoms with Crippen LogP contribution in [0.1, 0.15) is 36.0 Å². The maximum atomic E-state index is 13.2. The van der Waals surface area contributed by atoms with E-state index in [1.807, 2.05) is 0 Å². The van der Waals surface area contributed by atoms with Crippen LogP contribution in [0.5, 0.6) is 11.5 Å². The van der Waals surface area contributed by atoms with Crippen LogP contribution in [0.2, 0.25) is 0 Å². The van der Waals surface area contributed by atoms with Gasteiger partial charge in [-0.2, -0.15) is 0 Å². The first-order valence-electron chi connectivity index (χ1n) is 7.68. The normalized spacial score (nSPS) is 27.0. The molecule has 2 unspecified atom stereocenters. The summed E-state index contributed by atoms with van der Waals surface area (Å²) in [6, 6.07) is 5.12. The lowest BCUT2D eigenvalue weighted by Crippen LogP contribution is -2.53. The molecule has 1 aliphatic carbocycles. The highest BCUT2D eigenvalue weighted by Gasteiger charge is 2.56. The first-order valence-corrected chi connectivity index (χ1v) is 7.68. The number of ketones is 1. The van der Waals surface area contributed by atoms with Crippen LogP contribution in [0.25, 0.3) is 0 Å². The van der Waals surface area contributed by atoms with Gasteiger partial charge in [-0.15, -0.1) is 0 Å². The number of hydrogen-bond donors (Lipinski definition) is 1. The van der Waals surface area contributed by atoms with E-state index in [-0.39, 0.29) is 17.6 Å². The van der Waals surface area contributed by atoms with Crippen molar-refractivity contribution >= 4 is 11.7 Å². The van der Waals surface area contributed by atoms with Gasteiger partial charge in [0, 0.05) is 12.6 Å². The van der Waals surface area contributed by atoms with Crippen molar-refractivity contribution in [3.63, 3.8) is 0 Å². The summed E-state index contributed by atoms with van der Waals surface area (Å²) < 4.78 is 10.5. The monoisotopic (exact) mass is 303 g/mol. The molecule has 1 aromatic rings. The molecule has 2 fully saturated rings. The summed E-state index contributed by atoms with van der Waals surface area (Å²) in [4.78, 5) is 25.7. The fourth-order valence-electron chi connectivity index (χ4n) is 3.91. The van der Waals surface area contributed by atoms with E-state index in [0.717, 1.165) is 19.3 Å². The summed E-state index contributed by atoms with van der Waals surface area (Å²) in [5.74, 6) is 0.987. The van der Waals surface area contributed by atoms with Gasteiger partial charge in [-0.1, -0.05) is 6.42 Å². The van der Waals surface area contributed by atoms with Crippen molar-refractivity contribution in [1.82, 2.24) is 5.32 Å². The maximum Gasteiger partial charge on any atom is 0.234 e. The fourth-order valence-corrected chi connectivity index (χ4v) is 3.91. The van der Waals surface area contributed by atoms with Crippen LogP contribution in [0, 0.1) is 11.3 Å². The van der Waals surface area contributed by atoms with E-state index >= 15 is 0 Å². The molecule has 5 nitrogen and oxygen atoms in total. The van der Waals surface area contributed by atoms with E-state index in [9.17, 15) is 9.59 Å². The Labute approximate surface area is 130 Å². The average molecular weight is 303 g/mol. The summed E-state index contributed by atoms with van der Waals surface area (Å²) >= 11 is 0. The summed E-state index contributed by atoms with van der Waals surface area (Å²) in [5.41, 5.74) is -0.452. The highest BCUT2D eigenvalue weighted by Crippen LogP contribution is 2.50. The second-order valence-electron chi connectivity index (χ2n) is 6.00. The lowest BCUT2D eigenvalue weighted by Gasteiger charge is -2.37. The van der Waals surface area contributed by atoms with E-state index in [4.69, 9.17) is 9.47 Å². The number of nitrogens with one attached hydrogen (secondary N) is 1. The minimum Gasteiger partial charge on any atom is -0.497 e. The van der Waals surface area contributed by atoms with Gasteiger partial charge in [-0.3, -0.25) is 9.59 Å². The van der Waals surface area contributed by atoms with E-state index in [0.29, 0.717) is 30.0 Å². The summed E-state index contributed by atoms with van der Waals surface area (Å²) in [7, 11) is 3.09. The van der Waals surface area contributed by atoms with Crippen LogP contribution in [0.15, 0.2) is 18.2 Å². The number of Topliss-reactive ketones (excluding diaryl/α,β-unsaturated/α-hetero) is 1. The van der Waals surface area contributed by atoms with Gasteiger partial charge in [0.25, 0.3) is 0 Å². The Hall–Kier alpha value is -2.04. The topological polar surface area (TPSA) is 64.6 Å². The molecular weight excluding hydrogens is 282 g/mol. The summed E-state index contributed by atoms with van der Waals surface area (Å²) in [6.07, 6.45) is 3.35. The van der Waals surface area contributed by atoms with E-state index in [1.165, 1.54) is 7.11 Å². The third-order valence-electron chi connectivity index (χ3n) is 5.06. The third kappa shape index (κ3) is 2.07. The van der Waals surface area contributed by atoms with Crippen molar-refractivity contribution in [3.8, 4) is 11.5 Å². The zero-order chi connectivity index (χ0) is 15.7. The van der Waals surface area contributed by atoms with Crippen molar-refractivity contribution < 1.29 is 19.1 Å². The van der Waals surface area contributed by atoms with Crippen molar-refractivity contribution in [2.45, 2.75) is 25.7 Å². The number of rotatable bonds is 4. The minimum absolute atomic E-state index is 0.119. The number of carbonyl (C=O) groups excluding carboxylic acids is 2. The van der Waals surface area contributed by atoms with E-state index in [1.54, 1.807) is 25.3 Å². The second-order valence-corrected chi connectivity index (χ2v) is 6.00. The van der Waals surface area contributed by atoms with Crippen LogP contribution in [-0.2, 0) is 4.79 Å². The molecule has 118 valence electrons. The molecule has 22 heavy (non-hydrogen) atoms. The van der Waals surface area contributed by atoms with Gasteiger partial charge in [0.2, 0.25) is 5.91 Å². The second kappa shape index (κ2) is 5.63. The van der Waals surface area contributed by atoms with Gasteiger partial charge in [0.15, 0.2) is 5.78 Å². The molecule has 1 aromatic carbocycles. The minimum atomic E-state index is -0.917. The molecule has 1 heterocycles. The van der Waals surface area contributed by atoms with Gasteiger partial charge in [0.1, 0.15) is 16.9 Å². The quantitative estimate of drug-likeness (QED) is 0.684. The predicted molar refractivity (Wildman–Crippen MR) is 81.3 cm³/mol. The molecule has 0 bridgehead atoms. The van der Waals surface area contributed by atoms with Crippen molar-refractivity contribution in [2.24, 2.45) is 11.3 Å². The first-order chi connectivity index (χ1) is 10.6. The molecule has 1 N–H and O–H groups in total. The van der Waals surface area contributed by atoms with Crippen LogP contribution >= 0.6 is 0 Å². The molecule has 0 spiro atoms. The summed E-state index contributed by atoms with van der Waals surface area (Å²) in [5, 5.41) is 2.88. The molecule has 3 rings (SSSR count). The van der Waals surface area contributed by atoms with Gasteiger partial charge in [-0.25, -0.2) is 0 Å². The fraction of sp³-hybridized carbons (Fsp3) is 0.529. The highest BCUT2D eigenvalue weighted by atomic mass is 16.5. The number of fused-ring (bicyclic) bond motifs is 1. The van der Waals surface area contributed by atoms with Gasteiger partial charge in [-0.05, 0) is 37.3 Å². The lowest BCUT2D eigenvalue weighted by molar-refractivity contribution is -0.132. The Morgan fingerprint density at radius 1 is 1.27 bits per heavy atom. The lowest BCUT2D eigenvalue weighted by atomic mass is 9.68. The molecule has 1 amide bonds. The maximum absolute atomic E-state index is 13.2. The van der Waals surface area contributed by atoms with Crippen molar-refractivity contribution in [2.75, 3.05) is 20.8 Å². The standard InChI is InChI=1S/C17H21NO4/c1-21-12-5-6-13(14(10-12)22-2)15(19)17-8-3-4-11(17)7-9-18-16(17)20/h5-6,10-11H,3-4,7-9H2,1-2H3,(H,18,20). The zero-order valence-corrected chi connectivity index (χ0v) is 13.0. The van der Waals surface area contributed by atoms with Crippen LogP contribution in [-0.4, -0.2) is 32.5 Å². The Kier molecular flexibility index (Phi) is 3.81. The molecule has 5 heteroatoms. The molecule has 0 radical (unpaired) electrons. The largest absolute Gasteiger partial charge is 0.497 e.